The number of para-hydroxylation sites is 1. The minimum absolute atomic E-state index is 0.670. The lowest BCUT2D eigenvalue weighted by Crippen LogP contribution is -2.33. The zero-order chi connectivity index (χ0) is 11.2. The van der Waals surface area contributed by atoms with Crippen molar-refractivity contribution in [1.82, 2.24) is 5.32 Å². The maximum atomic E-state index is 5.91. The van der Waals surface area contributed by atoms with Crippen LogP contribution in [-0.4, -0.2) is 26.0 Å². The Bertz CT molecular complexity index is 323. The van der Waals surface area contributed by atoms with Gasteiger partial charge in [-0.15, -0.1) is 11.8 Å². The third-order valence-corrected chi connectivity index (χ3v) is 3.72. The lowest BCUT2D eigenvalue weighted by Gasteiger charge is -2.23. The van der Waals surface area contributed by atoms with Crippen molar-refractivity contribution in [2.24, 2.45) is 5.92 Å². The molecule has 2 nitrogen and oxygen atoms in total. The average Bonchev–Trinajstić information content (AvgIpc) is 2.38. The Hall–Kier alpha value is -0.670. The second-order valence-corrected chi connectivity index (χ2v) is 5.02. The normalized spacial score (nSPS) is 20.7. The molecule has 0 bridgehead atoms. The molecule has 1 heterocycles. The van der Waals surface area contributed by atoms with Gasteiger partial charge in [-0.05, 0) is 37.8 Å². The molecule has 0 aliphatic carbocycles. The van der Waals surface area contributed by atoms with Crippen molar-refractivity contribution < 1.29 is 4.74 Å². The smallest absolute Gasteiger partial charge is 0.132 e. The van der Waals surface area contributed by atoms with Crippen molar-refractivity contribution in [3.63, 3.8) is 0 Å². The fraction of sp³-hybridized carbons (Fsp3) is 0.538. The van der Waals surface area contributed by atoms with E-state index < -0.39 is 0 Å². The highest BCUT2D eigenvalue weighted by Crippen LogP contribution is 2.27. The number of hydrogen-bond donors (Lipinski definition) is 1. The van der Waals surface area contributed by atoms with Gasteiger partial charge in [-0.2, -0.15) is 0 Å². The predicted molar refractivity (Wildman–Crippen MR) is 69.3 cm³/mol. The zero-order valence-corrected chi connectivity index (χ0v) is 10.6. The maximum absolute atomic E-state index is 5.91. The van der Waals surface area contributed by atoms with Gasteiger partial charge < -0.3 is 10.1 Å². The van der Waals surface area contributed by atoms with E-state index in [9.17, 15) is 0 Å². The van der Waals surface area contributed by atoms with Gasteiger partial charge >= 0.3 is 0 Å². The third-order valence-electron chi connectivity index (χ3n) is 2.94. The van der Waals surface area contributed by atoms with E-state index in [1.165, 1.54) is 17.7 Å². The van der Waals surface area contributed by atoms with Crippen LogP contribution in [0.3, 0.4) is 0 Å². The summed E-state index contributed by atoms with van der Waals surface area (Å²) in [6.07, 6.45) is 4.65. The molecule has 0 amide bonds. The van der Waals surface area contributed by atoms with Crippen LogP contribution in [0.15, 0.2) is 29.2 Å². The van der Waals surface area contributed by atoms with Crippen LogP contribution in [0.25, 0.3) is 0 Å². The molecule has 1 saturated heterocycles. The number of rotatable bonds is 4. The third kappa shape index (κ3) is 3.16. The summed E-state index contributed by atoms with van der Waals surface area (Å²) in [7, 11) is 0. The van der Waals surface area contributed by atoms with Crippen LogP contribution < -0.4 is 10.1 Å². The Morgan fingerprint density at radius 1 is 1.44 bits per heavy atom. The summed E-state index contributed by atoms with van der Waals surface area (Å²) in [6.45, 7) is 3.10. The molecule has 1 aliphatic rings. The van der Waals surface area contributed by atoms with E-state index in [0.717, 1.165) is 25.4 Å². The fourth-order valence-corrected chi connectivity index (χ4v) is 2.55. The molecular formula is C13H19NOS. The maximum Gasteiger partial charge on any atom is 0.132 e. The lowest BCUT2D eigenvalue weighted by atomic mass is 10.0. The molecule has 1 atom stereocenters. The second-order valence-electron chi connectivity index (χ2n) is 4.17. The average molecular weight is 237 g/mol. The summed E-state index contributed by atoms with van der Waals surface area (Å²) >= 11 is 1.74. The van der Waals surface area contributed by atoms with E-state index in [2.05, 4.69) is 29.8 Å². The molecule has 3 heteroatoms. The number of piperidine rings is 1. The van der Waals surface area contributed by atoms with Gasteiger partial charge in [0.2, 0.25) is 0 Å². The van der Waals surface area contributed by atoms with Gasteiger partial charge in [0.05, 0.1) is 6.61 Å². The topological polar surface area (TPSA) is 21.3 Å². The van der Waals surface area contributed by atoms with Crippen LogP contribution in [0.2, 0.25) is 0 Å². The van der Waals surface area contributed by atoms with Gasteiger partial charge in [0.1, 0.15) is 5.75 Å². The molecule has 1 aromatic carbocycles. The van der Waals surface area contributed by atoms with Crippen LogP contribution in [-0.2, 0) is 0 Å². The van der Waals surface area contributed by atoms with Gasteiger partial charge in [-0.3, -0.25) is 0 Å². The van der Waals surface area contributed by atoms with Crippen LogP contribution in [0.1, 0.15) is 12.8 Å². The molecule has 0 spiro atoms. The molecule has 1 aliphatic heterocycles. The van der Waals surface area contributed by atoms with Crippen molar-refractivity contribution in [3.05, 3.63) is 24.3 Å². The number of nitrogens with one attached hydrogen (secondary N) is 1. The van der Waals surface area contributed by atoms with E-state index in [4.69, 9.17) is 4.74 Å². The first-order chi connectivity index (χ1) is 7.90. The number of ether oxygens (including phenoxy) is 1. The van der Waals surface area contributed by atoms with E-state index >= 15 is 0 Å². The Morgan fingerprint density at radius 2 is 2.31 bits per heavy atom. The van der Waals surface area contributed by atoms with E-state index in [-0.39, 0.29) is 0 Å². The van der Waals surface area contributed by atoms with Crippen LogP contribution >= 0.6 is 11.8 Å². The Kier molecular flexibility index (Phi) is 4.55. The van der Waals surface area contributed by atoms with Crippen LogP contribution in [0.4, 0.5) is 0 Å². The fourth-order valence-electron chi connectivity index (χ4n) is 2.01. The molecule has 0 radical (unpaired) electrons. The number of thioether (sulfide) groups is 1. The van der Waals surface area contributed by atoms with Crippen molar-refractivity contribution in [2.45, 2.75) is 17.7 Å². The Morgan fingerprint density at radius 3 is 3.06 bits per heavy atom. The highest BCUT2D eigenvalue weighted by Gasteiger charge is 2.14. The van der Waals surface area contributed by atoms with Gasteiger partial charge in [0, 0.05) is 17.4 Å². The summed E-state index contributed by atoms with van der Waals surface area (Å²) in [6, 6.07) is 8.26. The lowest BCUT2D eigenvalue weighted by molar-refractivity contribution is 0.215. The van der Waals surface area contributed by atoms with Gasteiger partial charge in [0.15, 0.2) is 0 Å². The quantitative estimate of drug-likeness (QED) is 0.814. The molecule has 2 rings (SSSR count). The summed E-state index contributed by atoms with van der Waals surface area (Å²) in [5, 5.41) is 3.41. The van der Waals surface area contributed by atoms with Gasteiger partial charge in [-0.1, -0.05) is 12.1 Å². The Balaban J connectivity index is 1.88. The van der Waals surface area contributed by atoms with Crippen molar-refractivity contribution in [1.29, 1.82) is 0 Å². The van der Waals surface area contributed by atoms with E-state index in [1.54, 1.807) is 11.8 Å². The predicted octanol–water partition coefficient (Wildman–Crippen LogP) is 2.79. The minimum Gasteiger partial charge on any atom is -0.492 e. The van der Waals surface area contributed by atoms with E-state index in [1.807, 2.05) is 6.07 Å². The molecule has 1 unspecified atom stereocenters. The summed E-state index contributed by atoms with van der Waals surface area (Å²) in [5.41, 5.74) is 0. The summed E-state index contributed by atoms with van der Waals surface area (Å²) in [5.74, 6) is 1.70. The first-order valence-corrected chi connectivity index (χ1v) is 7.09. The SMILES string of the molecule is CSc1ccccc1OCC1CCCNC1. The van der Waals surface area contributed by atoms with E-state index in [0.29, 0.717) is 5.92 Å². The van der Waals surface area contributed by atoms with Crippen molar-refractivity contribution in [3.8, 4) is 5.75 Å². The molecule has 1 fully saturated rings. The highest BCUT2D eigenvalue weighted by atomic mass is 32.2. The van der Waals surface area contributed by atoms with Crippen LogP contribution in [0, 0.1) is 5.92 Å². The molecule has 1 aromatic rings. The van der Waals surface area contributed by atoms with Crippen LogP contribution in [0.5, 0.6) is 5.75 Å². The molecule has 1 N–H and O–H groups in total. The summed E-state index contributed by atoms with van der Waals surface area (Å²) < 4.78 is 5.91. The highest BCUT2D eigenvalue weighted by molar-refractivity contribution is 7.98. The molecule has 0 saturated carbocycles. The molecule has 0 aromatic heterocycles. The second kappa shape index (κ2) is 6.16. The molecule has 88 valence electrons. The van der Waals surface area contributed by atoms with Gasteiger partial charge in [-0.25, -0.2) is 0 Å². The number of benzene rings is 1. The van der Waals surface area contributed by atoms with Crippen molar-refractivity contribution in [2.75, 3.05) is 26.0 Å². The molecular weight excluding hydrogens is 218 g/mol. The molecule has 16 heavy (non-hydrogen) atoms. The number of hydrogen-bond acceptors (Lipinski definition) is 3. The first kappa shape index (κ1) is 11.8. The van der Waals surface area contributed by atoms with Crippen molar-refractivity contribution >= 4 is 11.8 Å². The minimum atomic E-state index is 0.670. The first-order valence-electron chi connectivity index (χ1n) is 5.86. The van der Waals surface area contributed by atoms with Gasteiger partial charge in [0.25, 0.3) is 0 Å². The largest absolute Gasteiger partial charge is 0.492 e. The Labute approximate surface area is 102 Å². The standard InChI is InChI=1S/C13H19NOS/c1-16-13-7-3-2-6-12(13)15-10-11-5-4-8-14-9-11/h2-3,6-7,11,14H,4-5,8-10H2,1H3. The zero-order valence-electron chi connectivity index (χ0n) is 9.74. The monoisotopic (exact) mass is 237 g/mol. The summed E-state index contributed by atoms with van der Waals surface area (Å²) in [4.78, 5) is 1.23.